The van der Waals surface area contributed by atoms with Crippen molar-refractivity contribution in [1.29, 1.82) is 0 Å². The second-order valence-electron chi connectivity index (χ2n) is 8.99. The van der Waals surface area contributed by atoms with Crippen LogP contribution in [0.2, 0.25) is 0 Å². The number of nitrogens with zero attached hydrogens (tertiary/aromatic N) is 1. The maximum atomic E-state index is 13.0. The number of likely N-dealkylation sites (tertiary alicyclic amines) is 1. The van der Waals surface area contributed by atoms with E-state index in [9.17, 15) is 4.79 Å². The number of nitrogens with one attached hydrogen (secondary N) is 1. The van der Waals surface area contributed by atoms with Gasteiger partial charge in [-0.15, -0.1) is 12.4 Å². The van der Waals surface area contributed by atoms with Crippen LogP contribution in [0.15, 0.2) is 18.2 Å². The summed E-state index contributed by atoms with van der Waals surface area (Å²) < 4.78 is 0. The van der Waals surface area contributed by atoms with Gasteiger partial charge in [0.25, 0.3) is 5.91 Å². The number of fused-ring (bicyclic) bond motifs is 1. The van der Waals surface area contributed by atoms with Crippen LogP contribution < -0.4 is 5.32 Å². The minimum Gasteiger partial charge on any atom is -0.338 e. The lowest BCUT2D eigenvalue weighted by Gasteiger charge is -2.42. The minimum atomic E-state index is 0. The van der Waals surface area contributed by atoms with Gasteiger partial charge in [-0.2, -0.15) is 0 Å². The highest BCUT2D eigenvalue weighted by Crippen LogP contribution is 2.46. The van der Waals surface area contributed by atoms with E-state index in [1.807, 2.05) is 11.9 Å². The van der Waals surface area contributed by atoms with E-state index in [2.05, 4.69) is 51.2 Å². The van der Waals surface area contributed by atoms with Crippen molar-refractivity contribution >= 4 is 18.3 Å². The molecule has 0 saturated carbocycles. The van der Waals surface area contributed by atoms with E-state index in [1.54, 1.807) is 0 Å². The molecule has 1 fully saturated rings. The highest BCUT2D eigenvalue weighted by atomic mass is 35.5. The molecule has 1 aliphatic heterocycles. The molecule has 1 atom stereocenters. The lowest BCUT2D eigenvalue weighted by molar-refractivity contribution is 0.0787. The molecule has 1 N–H and O–H groups in total. The third kappa shape index (κ3) is 3.88. The average Bonchev–Trinajstić information content (AvgIpc) is 3.00. The lowest BCUT2D eigenvalue weighted by Crippen LogP contribution is -2.35. The van der Waals surface area contributed by atoms with Gasteiger partial charge in [0.1, 0.15) is 0 Å². The number of rotatable bonds is 3. The maximum Gasteiger partial charge on any atom is 0.253 e. The summed E-state index contributed by atoms with van der Waals surface area (Å²) in [4.78, 5) is 15.0. The maximum absolute atomic E-state index is 13.0. The van der Waals surface area contributed by atoms with E-state index in [1.165, 1.54) is 24.0 Å². The number of benzene rings is 1. The fourth-order valence-electron chi connectivity index (χ4n) is 4.38. The van der Waals surface area contributed by atoms with Gasteiger partial charge in [0.05, 0.1) is 0 Å². The molecule has 0 spiro atoms. The van der Waals surface area contributed by atoms with E-state index in [0.29, 0.717) is 5.92 Å². The predicted octanol–water partition coefficient (Wildman–Crippen LogP) is 4.14. The normalized spacial score (nSPS) is 23.7. The molecule has 3 rings (SSSR count). The van der Waals surface area contributed by atoms with Crippen molar-refractivity contribution in [1.82, 2.24) is 10.2 Å². The summed E-state index contributed by atoms with van der Waals surface area (Å²) in [6, 6.07) is 6.45. The van der Waals surface area contributed by atoms with Crippen LogP contribution in [0.3, 0.4) is 0 Å². The molecule has 1 aromatic rings. The molecule has 1 saturated heterocycles. The topological polar surface area (TPSA) is 32.3 Å². The molecule has 1 aliphatic carbocycles. The third-order valence-electron chi connectivity index (χ3n) is 6.17. The second-order valence-corrected chi connectivity index (χ2v) is 8.99. The van der Waals surface area contributed by atoms with Gasteiger partial charge in [-0.25, -0.2) is 0 Å². The molecule has 3 nitrogen and oxygen atoms in total. The van der Waals surface area contributed by atoms with Crippen LogP contribution in [0, 0.1) is 5.92 Å². The first-order chi connectivity index (χ1) is 11.2. The van der Waals surface area contributed by atoms with Crippen LogP contribution in [0.4, 0.5) is 0 Å². The molecule has 1 amide bonds. The Kier molecular flexibility index (Phi) is 5.90. The van der Waals surface area contributed by atoms with E-state index in [-0.39, 0.29) is 29.1 Å². The zero-order valence-electron chi connectivity index (χ0n) is 16.3. The number of amides is 1. The summed E-state index contributed by atoms with van der Waals surface area (Å²) in [6.07, 6.45) is 3.49. The zero-order valence-corrected chi connectivity index (χ0v) is 17.1. The average molecular weight is 365 g/mol. The molecule has 25 heavy (non-hydrogen) atoms. The molecule has 0 radical (unpaired) electrons. The smallest absolute Gasteiger partial charge is 0.253 e. The van der Waals surface area contributed by atoms with Gasteiger partial charge in [0, 0.05) is 18.7 Å². The van der Waals surface area contributed by atoms with Crippen molar-refractivity contribution in [2.75, 3.05) is 26.7 Å². The molecule has 4 heteroatoms. The molecule has 140 valence electrons. The number of carbonyl (C=O) groups excluding carboxylic acids is 1. The molecule has 2 aliphatic rings. The second kappa shape index (κ2) is 7.28. The zero-order chi connectivity index (χ0) is 17.5. The van der Waals surface area contributed by atoms with E-state index >= 15 is 0 Å². The van der Waals surface area contributed by atoms with Crippen LogP contribution in [0.1, 0.15) is 68.4 Å². The number of halogens is 1. The van der Waals surface area contributed by atoms with Crippen LogP contribution >= 0.6 is 12.4 Å². The fourth-order valence-corrected chi connectivity index (χ4v) is 4.38. The molecule has 0 bridgehead atoms. The minimum absolute atomic E-state index is 0. The number of carbonyl (C=O) groups is 1. The Bertz CT molecular complexity index is 639. The van der Waals surface area contributed by atoms with Gasteiger partial charge in [-0.1, -0.05) is 33.8 Å². The van der Waals surface area contributed by atoms with Crippen molar-refractivity contribution < 1.29 is 4.79 Å². The Morgan fingerprint density at radius 3 is 2.44 bits per heavy atom. The summed E-state index contributed by atoms with van der Waals surface area (Å²) >= 11 is 0. The monoisotopic (exact) mass is 364 g/mol. The fraction of sp³-hybridized carbons (Fsp3) is 0.667. The first-order valence-corrected chi connectivity index (χ1v) is 9.33. The van der Waals surface area contributed by atoms with Gasteiger partial charge in [-0.3, -0.25) is 4.79 Å². The summed E-state index contributed by atoms with van der Waals surface area (Å²) in [7, 11) is 1.98. The van der Waals surface area contributed by atoms with Gasteiger partial charge >= 0.3 is 0 Å². The van der Waals surface area contributed by atoms with Crippen LogP contribution in [-0.4, -0.2) is 37.5 Å². The molecule has 1 aromatic carbocycles. The molecule has 1 heterocycles. The van der Waals surface area contributed by atoms with Crippen molar-refractivity contribution in [2.24, 2.45) is 5.92 Å². The van der Waals surface area contributed by atoms with E-state index < -0.39 is 0 Å². The highest BCUT2D eigenvalue weighted by molar-refractivity contribution is 5.94. The van der Waals surface area contributed by atoms with Crippen LogP contribution in [-0.2, 0) is 10.8 Å². The molecular formula is C21H33ClN2O. The molecule has 1 unspecified atom stereocenters. The molecule has 0 aromatic heterocycles. The third-order valence-corrected chi connectivity index (χ3v) is 6.17. The lowest BCUT2D eigenvalue weighted by atomic mass is 9.63. The summed E-state index contributed by atoms with van der Waals surface area (Å²) in [5.74, 6) is 0.794. The van der Waals surface area contributed by atoms with E-state index in [0.717, 1.165) is 31.6 Å². The Hall–Kier alpha value is -1.06. The SMILES string of the molecule is CNCC1CCN(C(=O)c2ccc3c(c2)C(C)(C)CCC3(C)C)C1.Cl. The largest absolute Gasteiger partial charge is 0.338 e. The van der Waals surface area contributed by atoms with Gasteiger partial charge in [0.15, 0.2) is 0 Å². The van der Waals surface area contributed by atoms with Gasteiger partial charge in [0.2, 0.25) is 0 Å². The Morgan fingerprint density at radius 2 is 1.80 bits per heavy atom. The first-order valence-electron chi connectivity index (χ1n) is 9.33. The summed E-state index contributed by atoms with van der Waals surface area (Å²) in [5, 5.41) is 3.23. The first kappa shape index (κ1) is 20.3. The summed E-state index contributed by atoms with van der Waals surface area (Å²) in [5.41, 5.74) is 4.02. The van der Waals surface area contributed by atoms with Crippen molar-refractivity contribution in [3.8, 4) is 0 Å². The van der Waals surface area contributed by atoms with Crippen LogP contribution in [0.25, 0.3) is 0 Å². The highest BCUT2D eigenvalue weighted by Gasteiger charge is 2.37. The standard InChI is InChI=1S/C21H32N2O.ClH/c1-20(2)9-10-21(3,4)18-12-16(6-7-17(18)20)19(24)23-11-8-15(14-23)13-22-5;/h6-7,12,15,22H,8-11,13-14H2,1-5H3;1H. The van der Waals surface area contributed by atoms with Gasteiger partial charge in [-0.05, 0) is 72.9 Å². The summed E-state index contributed by atoms with van der Waals surface area (Å²) in [6.45, 7) is 12.0. The predicted molar refractivity (Wildman–Crippen MR) is 107 cm³/mol. The Labute approximate surface area is 159 Å². The molecular weight excluding hydrogens is 332 g/mol. The number of hydrogen-bond acceptors (Lipinski definition) is 2. The quantitative estimate of drug-likeness (QED) is 0.874. The van der Waals surface area contributed by atoms with Gasteiger partial charge < -0.3 is 10.2 Å². The van der Waals surface area contributed by atoms with Crippen molar-refractivity contribution in [3.05, 3.63) is 34.9 Å². The van der Waals surface area contributed by atoms with Crippen LogP contribution in [0.5, 0.6) is 0 Å². The van der Waals surface area contributed by atoms with Crippen molar-refractivity contribution in [3.63, 3.8) is 0 Å². The van der Waals surface area contributed by atoms with E-state index in [4.69, 9.17) is 0 Å². The Balaban J connectivity index is 0.00000225. The Morgan fingerprint density at radius 1 is 1.16 bits per heavy atom. The number of hydrogen-bond donors (Lipinski definition) is 1. The van der Waals surface area contributed by atoms with Crippen molar-refractivity contribution in [2.45, 2.75) is 57.8 Å².